The summed E-state index contributed by atoms with van der Waals surface area (Å²) in [4.78, 5) is 24.5. The van der Waals surface area contributed by atoms with Gasteiger partial charge in [-0.3, -0.25) is 4.79 Å². The average molecular weight is 320 g/mol. The van der Waals surface area contributed by atoms with Gasteiger partial charge in [0.2, 0.25) is 0 Å². The van der Waals surface area contributed by atoms with E-state index in [1.54, 1.807) is 4.90 Å². The molecule has 3 N–H and O–H groups in total. The van der Waals surface area contributed by atoms with E-state index in [4.69, 9.17) is 5.11 Å². The lowest BCUT2D eigenvalue weighted by molar-refractivity contribution is -0.137. The Balaban J connectivity index is 1.96. The van der Waals surface area contributed by atoms with Crippen LogP contribution in [-0.4, -0.2) is 53.4 Å². The first-order valence-electron chi connectivity index (χ1n) is 7.98. The molecule has 1 atom stereocenters. The van der Waals surface area contributed by atoms with Gasteiger partial charge in [-0.1, -0.05) is 30.3 Å². The van der Waals surface area contributed by atoms with Gasteiger partial charge in [0.15, 0.2) is 0 Å². The van der Waals surface area contributed by atoms with Crippen molar-refractivity contribution in [1.29, 1.82) is 0 Å². The third kappa shape index (κ3) is 4.45. The summed E-state index contributed by atoms with van der Waals surface area (Å²) in [5.74, 6) is -0.861. The maximum Gasteiger partial charge on any atom is 0.317 e. The zero-order chi connectivity index (χ0) is 16.7. The van der Waals surface area contributed by atoms with Crippen LogP contribution >= 0.6 is 0 Å². The van der Waals surface area contributed by atoms with Crippen LogP contribution < -0.4 is 5.32 Å². The quantitative estimate of drug-likeness (QED) is 0.694. The molecule has 1 aliphatic heterocycles. The fourth-order valence-corrected chi connectivity index (χ4v) is 3.10. The first-order valence-corrected chi connectivity index (χ1v) is 7.98. The zero-order valence-electron chi connectivity index (χ0n) is 13.2. The molecule has 1 aromatic carbocycles. The Morgan fingerprint density at radius 3 is 2.65 bits per heavy atom. The normalized spacial score (nSPS) is 21.0. The van der Waals surface area contributed by atoms with Crippen molar-refractivity contribution in [2.75, 3.05) is 26.2 Å². The van der Waals surface area contributed by atoms with Crippen LogP contribution in [0, 0.1) is 0 Å². The van der Waals surface area contributed by atoms with Crippen molar-refractivity contribution in [3.63, 3.8) is 0 Å². The predicted molar refractivity (Wildman–Crippen MR) is 86.3 cm³/mol. The van der Waals surface area contributed by atoms with Crippen molar-refractivity contribution in [1.82, 2.24) is 10.2 Å². The number of carboxylic acids is 1. The molecule has 0 radical (unpaired) electrons. The first kappa shape index (κ1) is 17.3. The van der Waals surface area contributed by atoms with Crippen LogP contribution in [0.1, 0.15) is 31.2 Å². The minimum atomic E-state index is -0.861. The number of rotatable bonds is 6. The predicted octanol–water partition coefficient (Wildman–Crippen LogP) is 1.59. The molecular weight excluding hydrogens is 296 g/mol. The Morgan fingerprint density at radius 2 is 2.00 bits per heavy atom. The highest BCUT2D eigenvalue weighted by Crippen LogP contribution is 2.33. The van der Waals surface area contributed by atoms with Crippen LogP contribution in [0.3, 0.4) is 0 Å². The summed E-state index contributed by atoms with van der Waals surface area (Å²) in [7, 11) is 0. The van der Waals surface area contributed by atoms with Crippen molar-refractivity contribution < 1.29 is 19.8 Å². The number of amides is 2. The number of carbonyl (C=O) groups excluding carboxylic acids is 1. The zero-order valence-corrected chi connectivity index (χ0v) is 13.2. The number of hydrogen-bond donors (Lipinski definition) is 3. The van der Waals surface area contributed by atoms with E-state index in [9.17, 15) is 14.7 Å². The standard InChI is InChI=1S/C17H24N2O4/c20-13-17(14-6-2-1-3-7-14)9-5-11-19(12-17)16(23)18-10-4-8-15(21)22/h1-3,6-7,20H,4-5,8-13H2,(H,18,23)(H,21,22). The second kappa shape index (κ2) is 7.97. The average Bonchev–Trinajstić information content (AvgIpc) is 2.59. The molecule has 1 saturated heterocycles. The van der Waals surface area contributed by atoms with Gasteiger partial charge >= 0.3 is 12.0 Å². The number of benzene rings is 1. The number of hydrogen-bond acceptors (Lipinski definition) is 3. The fraction of sp³-hybridized carbons (Fsp3) is 0.529. The molecule has 6 nitrogen and oxygen atoms in total. The highest BCUT2D eigenvalue weighted by Gasteiger charge is 2.38. The van der Waals surface area contributed by atoms with Crippen LogP contribution in [0.25, 0.3) is 0 Å². The fourth-order valence-electron chi connectivity index (χ4n) is 3.10. The molecular formula is C17H24N2O4. The number of urea groups is 1. The number of carboxylic acid groups (broad SMARTS) is 1. The summed E-state index contributed by atoms with van der Waals surface area (Å²) in [6.07, 6.45) is 2.14. The highest BCUT2D eigenvalue weighted by atomic mass is 16.4. The molecule has 0 aromatic heterocycles. The Kier molecular flexibility index (Phi) is 5.98. The number of aliphatic hydroxyl groups is 1. The third-order valence-corrected chi connectivity index (χ3v) is 4.40. The summed E-state index contributed by atoms with van der Waals surface area (Å²) in [5.41, 5.74) is 0.628. The maximum absolute atomic E-state index is 12.3. The number of piperidine rings is 1. The van der Waals surface area contributed by atoms with Crippen LogP contribution in [0.5, 0.6) is 0 Å². The van der Waals surface area contributed by atoms with E-state index in [0.717, 1.165) is 18.4 Å². The van der Waals surface area contributed by atoms with Crippen molar-refractivity contribution in [3.8, 4) is 0 Å². The topological polar surface area (TPSA) is 89.9 Å². The summed E-state index contributed by atoms with van der Waals surface area (Å²) < 4.78 is 0. The lowest BCUT2D eigenvalue weighted by Crippen LogP contribution is -2.53. The van der Waals surface area contributed by atoms with Gasteiger partial charge in [-0.2, -0.15) is 0 Å². The van der Waals surface area contributed by atoms with Gasteiger partial charge in [-0.15, -0.1) is 0 Å². The van der Waals surface area contributed by atoms with Gasteiger partial charge in [0.05, 0.1) is 6.61 Å². The molecule has 2 rings (SSSR count). The monoisotopic (exact) mass is 320 g/mol. The second-order valence-corrected chi connectivity index (χ2v) is 6.06. The summed E-state index contributed by atoms with van der Waals surface area (Å²) >= 11 is 0. The molecule has 1 aromatic rings. The summed E-state index contributed by atoms with van der Waals surface area (Å²) in [6, 6.07) is 9.61. The van der Waals surface area contributed by atoms with Gasteiger partial charge in [0.1, 0.15) is 0 Å². The molecule has 1 fully saturated rings. The SMILES string of the molecule is O=C(O)CCCNC(=O)N1CCCC(CO)(c2ccccc2)C1. The third-order valence-electron chi connectivity index (χ3n) is 4.40. The number of nitrogens with zero attached hydrogens (tertiary/aromatic N) is 1. The van der Waals surface area contributed by atoms with Gasteiger partial charge in [-0.25, -0.2) is 4.79 Å². The molecule has 6 heteroatoms. The lowest BCUT2D eigenvalue weighted by atomic mass is 9.75. The van der Waals surface area contributed by atoms with E-state index in [0.29, 0.717) is 26.1 Å². The Hall–Kier alpha value is -2.08. The van der Waals surface area contributed by atoms with Gasteiger partial charge in [-0.05, 0) is 24.8 Å². The van der Waals surface area contributed by atoms with Crippen LogP contribution in [0.4, 0.5) is 4.79 Å². The minimum absolute atomic E-state index is 0.000191. The van der Waals surface area contributed by atoms with Gasteiger partial charge < -0.3 is 20.4 Å². The highest BCUT2D eigenvalue weighted by molar-refractivity contribution is 5.74. The smallest absolute Gasteiger partial charge is 0.317 e. The summed E-state index contributed by atoms with van der Waals surface area (Å²) in [6.45, 7) is 1.47. The van der Waals surface area contributed by atoms with Crippen LogP contribution in [0.15, 0.2) is 30.3 Å². The Labute approximate surface area is 136 Å². The molecule has 0 saturated carbocycles. The minimum Gasteiger partial charge on any atom is -0.481 e. The van der Waals surface area contributed by atoms with Crippen molar-refractivity contribution in [2.24, 2.45) is 0 Å². The molecule has 1 unspecified atom stereocenters. The van der Waals surface area contributed by atoms with E-state index in [-0.39, 0.29) is 19.1 Å². The molecule has 1 aliphatic rings. The number of aliphatic hydroxyl groups excluding tert-OH is 1. The molecule has 2 amide bonds. The molecule has 0 bridgehead atoms. The first-order chi connectivity index (χ1) is 11.1. The van der Waals surface area contributed by atoms with E-state index in [2.05, 4.69) is 5.32 Å². The number of aliphatic carboxylic acids is 1. The second-order valence-electron chi connectivity index (χ2n) is 6.06. The molecule has 0 spiro atoms. The molecule has 126 valence electrons. The van der Waals surface area contributed by atoms with E-state index in [1.165, 1.54) is 0 Å². The van der Waals surface area contributed by atoms with E-state index < -0.39 is 11.4 Å². The van der Waals surface area contributed by atoms with Gasteiger partial charge in [0.25, 0.3) is 0 Å². The largest absolute Gasteiger partial charge is 0.481 e. The Morgan fingerprint density at radius 1 is 1.26 bits per heavy atom. The van der Waals surface area contributed by atoms with Crippen LogP contribution in [0.2, 0.25) is 0 Å². The van der Waals surface area contributed by atoms with Crippen LogP contribution in [-0.2, 0) is 10.2 Å². The molecule has 23 heavy (non-hydrogen) atoms. The number of carbonyl (C=O) groups is 2. The maximum atomic E-state index is 12.3. The lowest BCUT2D eigenvalue weighted by Gasteiger charge is -2.42. The summed E-state index contributed by atoms with van der Waals surface area (Å²) in [5, 5.41) is 21.3. The molecule has 1 heterocycles. The molecule has 0 aliphatic carbocycles. The number of likely N-dealkylation sites (tertiary alicyclic amines) is 1. The van der Waals surface area contributed by atoms with Crippen molar-refractivity contribution in [2.45, 2.75) is 31.1 Å². The van der Waals surface area contributed by atoms with E-state index >= 15 is 0 Å². The van der Waals surface area contributed by atoms with E-state index in [1.807, 2.05) is 30.3 Å². The number of nitrogens with one attached hydrogen (secondary N) is 1. The van der Waals surface area contributed by atoms with Crippen molar-refractivity contribution in [3.05, 3.63) is 35.9 Å². The Bertz CT molecular complexity index is 535. The van der Waals surface area contributed by atoms with Gasteiger partial charge in [0, 0.05) is 31.5 Å². The van der Waals surface area contributed by atoms with Crippen molar-refractivity contribution >= 4 is 12.0 Å².